The van der Waals surface area contributed by atoms with E-state index in [-0.39, 0.29) is 5.75 Å². The molecule has 2 heterocycles. The van der Waals surface area contributed by atoms with E-state index >= 15 is 0 Å². The Kier molecular flexibility index (Phi) is 5.16. The van der Waals surface area contributed by atoms with Gasteiger partial charge in [-0.25, -0.2) is 4.98 Å². The van der Waals surface area contributed by atoms with Gasteiger partial charge in [0.25, 0.3) is 0 Å². The van der Waals surface area contributed by atoms with Gasteiger partial charge in [-0.15, -0.1) is 0 Å². The van der Waals surface area contributed by atoms with Gasteiger partial charge >= 0.3 is 0 Å². The van der Waals surface area contributed by atoms with Crippen molar-refractivity contribution in [2.45, 2.75) is 58.8 Å². The quantitative estimate of drug-likeness (QED) is 0.772. The maximum absolute atomic E-state index is 10.1. The Morgan fingerprint density at radius 3 is 2.95 bits per heavy atom. The van der Waals surface area contributed by atoms with E-state index in [9.17, 15) is 5.11 Å². The zero-order valence-electron chi connectivity index (χ0n) is 11.9. The maximum atomic E-state index is 10.1. The molecule has 0 saturated heterocycles. The highest BCUT2D eigenvalue weighted by Crippen LogP contribution is 2.37. The van der Waals surface area contributed by atoms with Gasteiger partial charge in [-0.3, -0.25) is 0 Å². The van der Waals surface area contributed by atoms with Crippen molar-refractivity contribution in [1.82, 2.24) is 0 Å². The predicted molar refractivity (Wildman–Crippen MR) is 71.6 cm³/mol. The minimum absolute atomic E-state index is 0.269. The average molecular weight is 266 g/mol. The van der Waals surface area contributed by atoms with E-state index in [0.29, 0.717) is 13.2 Å². The van der Waals surface area contributed by atoms with Crippen LogP contribution in [-0.2, 0) is 16.1 Å². The van der Waals surface area contributed by atoms with Crippen LogP contribution in [0.3, 0.4) is 0 Å². The first kappa shape index (κ1) is 14.3. The zero-order chi connectivity index (χ0) is 13.7. The second-order valence-corrected chi connectivity index (χ2v) is 5.13. The number of unbranched alkanes of at least 4 members (excludes halogenated alkanes) is 4. The molecule has 4 nitrogen and oxygen atoms in total. The monoisotopic (exact) mass is 266 g/mol. The lowest BCUT2D eigenvalue weighted by Crippen LogP contribution is -2.11. The highest BCUT2D eigenvalue weighted by atomic mass is 16.7. The summed E-state index contributed by atoms with van der Waals surface area (Å²) in [5, 5.41) is 10.1. The van der Waals surface area contributed by atoms with Crippen LogP contribution in [0.2, 0.25) is 0 Å². The first-order valence-electron chi connectivity index (χ1n) is 7.20. The Balaban J connectivity index is 1.83. The molecule has 0 amide bonds. The number of pyridine rings is 1. The lowest BCUT2D eigenvalue weighted by Gasteiger charge is -2.13. The molecule has 1 atom stereocenters. The average Bonchev–Trinajstić information content (AvgIpc) is 2.82. The molecule has 106 valence electrons. The molecule has 0 bridgehead atoms. The molecule has 0 radical (unpaired) electrons. The number of aryl methyl sites for hydroxylation is 1. The minimum atomic E-state index is -0.408. The highest BCUT2D eigenvalue weighted by Gasteiger charge is 2.31. The van der Waals surface area contributed by atoms with Crippen molar-refractivity contribution in [3.05, 3.63) is 23.0 Å². The van der Waals surface area contributed by atoms with Crippen LogP contribution in [0.5, 0.6) is 5.75 Å². The van der Waals surface area contributed by atoms with Gasteiger partial charge in [0.1, 0.15) is 0 Å². The van der Waals surface area contributed by atoms with E-state index in [2.05, 4.69) is 11.9 Å². The molecule has 0 aromatic carbocycles. The van der Waals surface area contributed by atoms with E-state index in [1.807, 2.05) is 13.1 Å². The van der Waals surface area contributed by atoms with Crippen LogP contribution in [0, 0.1) is 6.92 Å². The lowest BCUT2D eigenvalue weighted by molar-refractivity contribution is -0.389. The molecule has 1 aromatic rings. The number of aromatic nitrogens is 1. The normalized spacial score (nSPS) is 17.7. The van der Waals surface area contributed by atoms with Crippen molar-refractivity contribution < 1.29 is 19.6 Å². The van der Waals surface area contributed by atoms with E-state index in [0.717, 1.165) is 23.2 Å². The largest absolute Gasteiger partial charge is 0.502 e. The van der Waals surface area contributed by atoms with Gasteiger partial charge in [-0.2, -0.15) is 0 Å². The lowest BCUT2D eigenvalue weighted by atomic mass is 10.1. The van der Waals surface area contributed by atoms with Crippen LogP contribution in [-0.4, -0.2) is 11.7 Å². The standard InChI is InChI=1S/C15H23NO3/c1-3-4-5-6-7-8-18-15-13-12(10-19-15)9-16-11(2)14(13)17/h9,15,17H,3-8,10H2,1-2H3/p+1. The Morgan fingerprint density at radius 2 is 2.16 bits per heavy atom. The summed E-state index contributed by atoms with van der Waals surface area (Å²) in [6.45, 7) is 5.24. The first-order valence-corrected chi connectivity index (χ1v) is 7.20. The maximum Gasteiger partial charge on any atom is 0.219 e. The molecular weight excluding hydrogens is 242 g/mol. The second-order valence-electron chi connectivity index (χ2n) is 5.13. The molecule has 0 saturated carbocycles. The number of rotatable bonds is 7. The second kappa shape index (κ2) is 6.87. The molecule has 19 heavy (non-hydrogen) atoms. The fourth-order valence-corrected chi connectivity index (χ4v) is 2.35. The van der Waals surface area contributed by atoms with Gasteiger partial charge in [-0.05, 0) is 6.42 Å². The zero-order valence-corrected chi connectivity index (χ0v) is 11.9. The smallest absolute Gasteiger partial charge is 0.219 e. The van der Waals surface area contributed by atoms with Crippen LogP contribution < -0.4 is 4.98 Å². The number of hydrogen-bond acceptors (Lipinski definition) is 3. The van der Waals surface area contributed by atoms with Crippen molar-refractivity contribution in [1.29, 1.82) is 0 Å². The van der Waals surface area contributed by atoms with Crippen molar-refractivity contribution in [3.8, 4) is 5.75 Å². The van der Waals surface area contributed by atoms with Crippen LogP contribution in [0.15, 0.2) is 6.20 Å². The molecule has 0 spiro atoms. The number of fused-ring (bicyclic) bond motifs is 1. The molecule has 2 rings (SSSR count). The van der Waals surface area contributed by atoms with E-state index in [1.165, 1.54) is 25.7 Å². The number of nitrogens with one attached hydrogen (secondary N) is 1. The molecular formula is C15H24NO3+. The summed E-state index contributed by atoms with van der Waals surface area (Å²) in [6, 6.07) is 0. The molecule has 1 unspecified atom stereocenters. The van der Waals surface area contributed by atoms with Gasteiger partial charge in [0.15, 0.2) is 18.2 Å². The van der Waals surface area contributed by atoms with Crippen molar-refractivity contribution in [2.24, 2.45) is 0 Å². The SMILES string of the molecule is CCCCCCCOC1OCc2c[nH+]c(C)c(O)c21. The third kappa shape index (κ3) is 3.45. The third-order valence-corrected chi connectivity index (χ3v) is 3.56. The van der Waals surface area contributed by atoms with Gasteiger partial charge in [0.2, 0.25) is 5.69 Å². The van der Waals surface area contributed by atoms with E-state index < -0.39 is 6.29 Å². The molecule has 1 aliphatic heterocycles. The van der Waals surface area contributed by atoms with E-state index in [1.54, 1.807) is 0 Å². The van der Waals surface area contributed by atoms with Gasteiger partial charge < -0.3 is 14.6 Å². The molecule has 2 N–H and O–H groups in total. The summed E-state index contributed by atoms with van der Waals surface area (Å²) >= 11 is 0. The Morgan fingerprint density at radius 1 is 1.37 bits per heavy atom. The van der Waals surface area contributed by atoms with Gasteiger partial charge in [0.05, 0.1) is 24.3 Å². The number of hydrogen-bond donors (Lipinski definition) is 1. The number of aromatic hydroxyl groups is 1. The topological polar surface area (TPSA) is 52.8 Å². The summed E-state index contributed by atoms with van der Waals surface area (Å²) in [5.41, 5.74) is 2.53. The van der Waals surface area contributed by atoms with Crippen molar-refractivity contribution >= 4 is 0 Å². The number of ether oxygens (including phenoxy) is 2. The summed E-state index contributed by atoms with van der Waals surface area (Å²) in [4.78, 5) is 3.03. The predicted octanol–water partition coefficient (Wildman–Crippen LogP) is 3.03. The number of aromatic amines is 1. The van der Waals surface area contributed by atoms with Crippen LogP contribution in [0.4, 0.5) is 0 Å². The molecule has 1 aromatic heterocycles. The summed E-state index contributed by atoms with van der Waals surface area (Å²) in [5.74, 6) is 0.269. The van der Waals surface area contributed by atoms with Crippen LogP contribution >= 0.6 is 0 Å². The Labute approximate surface area is 114 Å². The third-order valence-electron chi connectivity index (χ3n) is 3.56. The van der Waals surface area contributed by atoms with Crippen molar-refractivity contribution in [3.63, 3.8) is 0 Å². The van der Waals surface area contributed by atoms with E-state index in [4.69, 9.17) is 9.47 Å². The number of H-pyrrole nitrogens is 1. The molecule has 1 aliphatic rings. The minimum Gasteiger partial charge on any atom is -0.502 e. The molecule has 0 aliphatic carbocycles. The first-order chi connectivity index (χ1) is 9.24. The van der Waals surface area contributed by atoms with Crippen LogP contribution in [0.25, 0.3) is 0 Å². The summed E-state index contributed by atoms with van der Waals surface area (Å²) < 4.78 is 11.3. The molecule has 0 fully saturated rings. The Hall–Kier alpha value is -1.13. The summed E-state index contributed by atoms with van der Waals surface area (Å²) in [6.07, 6.45) is 7.53. The Bertz CT molecular complexity index is 420. The summed E-state index contributed by atoms with van der Waals surface area (Å²) in [7, 11) is 0. The fraction of sp³-hybridized carbons (Fsp3) is 0.667. The fourth-order valence-electron chi connectivity index (χ4n) is 2.35. The highest BCUT2D eigenvalue weighted by molar-refractivity contribution is 5.40. The van der Waals surface area contributed by atoms with Crippen LogP contribution in [0.1, 0.15) is 62.1 Å². The molecule has 4 heteroatoms. The van der Waals surface area contributed by atoms with Gasteiger partial charge in [0, 0.05) is 6.92 Å². The van der Waals surface area contributed by atoms with Crippen molar-refractivity contribution in [2.75, 3.05) is 6.61 Å². The van der Waals surface area contributed by atoms with Gasteiger partial charge in [-0.1, -0.05) is 32.6 Å².